The van der Waals surface area contributed by atoms with Gasteiger partial charge < -0.3 is 9.47 Å². The highest BCUT2D eigenvalue weighted by molar-refractivity contribution is 6.22. The lowest BCUT2D eigenvalue weighted by atomic mass is 9.81. The SMILES string of the molecule is Cc1ccc(OCC(=O)Oc2ccc(N3C(=O)[C@H]4[C@@H]5CC[C@@H](C5)[C@@H]4C3=O)cc2)cc1C. The molecule has 2 amide bonds. The number of carbonyl (C=O) groups is 3. The average molecular weight is 419 g/mol. The van der Waals surface area contributed by atoms with E-state index >= 15 is 0 Å². The van der Waals surface area contributed by atoms with Crippen LogP contribution in [0.4, 0.5) is 5.69 Å². The van der Waals surface area contributed by atoms with Gasteiger partial charge in [0, 0.05) is 0 Å². The van der Waals surface area contributed by atoms with Gasteiger partial charge in [-0.3, -0.25) is 14.5 Å². The Kier molecular flexibility index (Phi) is 4.80. The van der Waals surface area contributed by atoms with Crippen molar-refractivity contribution in [3.8, 4) is 11.5 Å². The molecule has 5 rings (SSSR count). The van der Waals surface area contributed by atoms with E-state index in [2.05, 4.69) is 0 Å². The Bertz CT molecular complexity index is 1030. The van der Waals surface area contributed by atoms with E-state index in [0.717, 1.165) is 30.4 Å². The zero-order valence-corrected chi connectivity index (χ0v) is 17.7. The number of benzene rings is 2. The molecule has 1 saturated heterocycles. The van der Waals surface area contributed by atoms with Crippen LogP contribution in [0.3, 0.4) is 0 Å². The van der Waals surface area contributed by atoms with Crippen molar-refractivity contribution < 1.29 is 23.9 Å². The topological polar surface area (TPSA) is 72.9 Å². The van der Waals surface area contributed by atoms with Crippen molar-refractivity contribution in [2.75, 3.05) is 11.5 Å². The Morgan fingerprint density at radius 2 is 1.52 bits per heavy atom. The van der Waals surface area contributed by atoms with Gasteiger partial charge in [-0.15, -0.1) is 0 Å². The molecule has 4 atom stereocenters. The summed E-state index contributed by atoms with van der Waals surface area (Å²) in [5.74, 6) is 0.700. The summed E-state index contributed by atoms with van der Waals surface area (Å²) >= 11 is 0. The number of amides is 2. The highest BCUT2D eigenvalue weighted by Crippen LogP contribution is 2.56. The van der Waals surface area contributed by atoms with E-state index in [9.17, 15) is 14.4 Å². The van der Waals surface area contributed by atoms with Crippen molar-refractivity contribution in [1.29, 1.82) is 0 Å². The van der Waals surface area contributed by atoms with Crippen LogP contribution in [0.2, 0.25) is 0 Å². The lowest BCUT2D eigenvalue weighted by molar-refractivity contribution is -0.136. The van der Waals surface area contributed by atoms with Crippen LogP contribution in [-0.2, 0) is 14.4 Å². The Hall–Kier alpha value is -3.15. The molecule has 2 bridgehead atoms. The number of hydrogen-bond acceptors (Lipinski definition) is 5. The maximum atomic E-state index is 12.9. The van der Waals surface area contributed by atoms with Crippen LogP contribution < -0.4 is 14.4 Å². The number of ether oxygens (including phenoxy) is 2. The molecular weight excluding hydrogens is 394 g/mol. The van der Waals surface area contributed by atoms with Crippen molar-refractivity contribution in [3.63, 3.8) is 0 Å². The molecule has 0 aromatic heterocycles. The molecule has 160 valence electrons. The minimum absolute atomic E-state index is 0.0752. The third kappa shape index (κ3) is 3.40. The smallest absolute Gasteiger partial charge is 0.349 e. The van der Waals surface area contributed by atoms with Gasteiger partial charge in [0.15, 0.2) is 6.61 Å². The Labute approximate surface area is 181 Å². The third-order valence-corrected chi connectivity index (χ3v) is 7.09. The molecule has 2 aromatic carbocycles. The fourth-order valence-electron chi connectivity index (χ4n) is 5.43. The van der Waals surface area contributed by atoms with Gasteiger partial charge in [0.25, 0.3) is 0 Å². The second-order valence-electron chi connectivity index (χ2n) is 8.90. The summed E-state index contributed by atoms with van der Waals surface area (Å²) in [7, 11) is 0. The van der Waals surface area contributed by atoms with E-state index in [-0.39, 0.29) is 30.3 Å². The average Bonchev–Trinajstić information content (AvgIpc) is 3.44. The number of rotatable bonds is 5. The molecule has 1 heterocycles. The maximum absolute atomic E-state index is 12.9. The van der Waals surface area contributed by atoms with Crippen LogP contribution in [0, 0.1) is 37.5 Å². The van der Waals surface area contributed by atoms with E-state index in [1.165, 1.54) is 4.90 Å². The Morgan fingerprint density at radius 3 is 2.13 bits per heavy atom. The summed E-state index contributed by atoms with van der Waals surface area (Å²) in [6.45, 7) is 3.78. The van der Waals surface area contributed by atoms with Crippen molar-refractivity contribution >= 4 is 23.5 Å². The van der Waals surface area contributed by atoms with Gasteiger partial charge in [0.05, 0.1) is 17.5 Å². The van der Waals surface area contributed by atoms with E-state index < -0.39 is 5.97 Å². The molecule has 2 saturated carbocycles. The monoisotopic (exact) mass is 419 g/mol. The minimum atomic E-state index is -0.523. The lowest BCUT2D eigenvalue weighted by Gasteiger charge is -2.19. The van der Waals surface area contributed by atoms with Gasteiger partial charge in [0.1, 0.15) is 11.5 Å². The zero-order valence-electron chi connectivity index (χ0n) is 17.7. The van der Waals surface area contributed by atoms with Gasteiger partial charge in [-0.05, 0) is 92.5 Å². The summed E-state index contributed by atoms with van der Waals surface area (Å²) in [4.78, 5) is 39.3. The van der Waals surface area contributed by atoms with Gasteiger partial charge in [-0.1, -0.05) is 6.07 Å². The van der Waals surface area contributed by atoms with Crippen LogP contribution in [-0.4, -0.2) is 24.4 Å². The highest BCUT2D eigenvalue weighted by Gasteiger charge is 2.61. The standard InChI is InChI=1S/C25H25NO5/c1-14-3-8-20(11-15(14)2)30-13-21(27)31-19-9-6-18(7-10-19)26-24(28)22-16-4-5-17(12-16)23(22)25(26)29/h3,6-11,16-17,22-23H,4-5,12-13H2,1-2H3/t16-,17+,22-,23-/m0/s1. The number of fused-ring (bicyclic) bond motifs is 5. The first-order valence-electron chi connectivity index (χ1n) is 10.8. The lowest BCUT2D eigenvalue weighted by Crippen LogP contribution is -2.32. The van der Waals surface area contributed by atoms with Crippen LogP contribution in [0.1, 0.15) is 30.4 Å². The van der Waals surface area contributed by atoms with E-state index in [4.69, 9.17) is 9.47 Å². The molecule has 3 fully saturated rings. The van der Waals surface area contributed by atoms with E-state index in [1.807, 2.05) is 32.0 Å². The van der Waals surface area contributed by atoms with Gasteiger partial charge in [-0.2, -0.15) is 0 Å². The van der Waals surface area contributed by atoms with Crippen LogP contribution in [0.15, 0.2) is 42.5 Å². The summed E-state index contributed by atoms with van der Waals surface area (Å²) in [5.41, 5.74) is 2.78. The number of imide groups is 1. The molecule has 6 nitrogen and oxygen atoms in total. The Balaban J connectivity index is 1.21. The first kappa shape index (κ1) is 19.8. The fraction of sp³-hybridized carbons (Fsp3) is 0.400. The second-order valence-corrected chi connectivity index (χ2v) is 8.90. The molecule has 3 aliphatic rings. The summed E-state index contributed by atoms with van der Waals surface area (Å²) in [6.07, 6.45) is 3.12. The maximum Gasteiger partial charge on any atom is 0.349 e. The van der Waals surface area contributed by atoms with Gasteiger partial charge in [0.2, 0.25) is 11.8 Å². The van der Waals surface area contributed by atoms with Crippen molar-refractivity contribution in [2.24, 2.45) is 23.7 Å². The molecule has 2 aromatic rings. The second kappa shape index (κ2) is 7.52. The van der Waals surface area contributed by atoms with Crippen molar-refractivity contribution in [3.05, 3.63) is 53.6 Å². The first-order chi connectivity index (χ1) is 14.9. The number of carbonyl (C=O) groups excluding carboxylic acids is 3. The molecule has 0 spiro atoms. The molecule has 2 aliphatic carbocycles. The number of hydrogen-bond donors (Lipinski definition) is 0. The quantitative estimate of drug-likeness (QED) is 0.418. The highest BCUT2D eigenvalue weighted by atomic mass is 16.6. The first-order valence-corrected chi connectivity index (χ1v) is 10.8. The normalized spacial score (nSPS) is 26.3. The minimum Gasteiger partial charge on any atom is -0.482 e. The number of esters is 1. The molecule has 6 heteroatoms. The summed E-state index contributed by atoms with van der Waals surface area (Å²) < 4.78 is 10.8. The predicted octanol–water partition coefficient (Wildman–Crippen LogP) is 3.82. The molecule has 1 aliphatic heterocycles. The predicted molar refractivity (Wildman–Crippen MR) is 114 cm³/mol. The number of aryl methyl sites for hydroxylation is 2. The van der Waals surface area contributed by atoms with Crippen molar-refractivity contribution in [2.45, 2.75) is 33.1 Å². The van der Waals surface area contributed by atoms with Crippen molar-refractivity contribution in [1.82, 2.24) is 0 Å². The molecule has 0 radical (unpaired) electrons. The fourth-order valence-corrected chi connectivity index (χ4v) is 5.43. The zero-order chi connectivity index (χ0) is 21.7. The largest absolute Gasteiger partial charge is 0.482 e. The van der Waals surface area contributed by atoms with Crippen LogP contribution in [0.5, 0.6) is 11.5 Å². The van der Waals surface area contributed by atoms with Gasteiger partial charge >= 0.3 is 5.97 Å². The van der Waals surface area contributed by atoms with Crippen LogP contribution >= 0.6 is 0 Å². The molecule has 0 N–H and O–H groups in total. The Morgan fingerprint density at radius 1 is 0.903 bits per heavy atom. The van der Waals surface area contributed by atoms with E-state index in [1.54, 1.807) is 24.3 Å². The van der Waals surface area contributed by atoms with Gasteiger partial charge in [-0.25, -0.2) is 4.79 Å². The third-order valence-electron chi connectivity index (χ3n) is 7.09. The summed E-state index contributed by atoms with van der Waals surface area (Å²) in [6, 6.07) is 12.2. The molecule has 0 unspecified atom stereocenters. The van der Waals surface area contributed by atoms with E-state index in [0.29, 0.717) is 29.0 Å². The number of nitrogens with zero attached hydrogens (tertiary/aromatic N) is 1. The molecular formula is C25H25NO5. The molecule has 31 heavy (non-hydrogen) atoms. The van der Waals surface area contributed by atoms with Crippen LogP contribution in [0.25, 0.3) is 0 Å². The number of anilines is 1. The summed E-state index contributed by atoms with van der Waals surface area (Å²) in [5, 5.41) is 0.